The highest BCUT2D eigenvalue weighted by Crippen LogP contribution is 2.30. The minimum Gasteiger partial charge on any atom is -0.469 e. The van der Waals surface area contributed by atoms with Crippen LogP contribution < -0.4 is 0 Å². The first-order valence-electron chi connectivity index (χ1n) is 11.2. The molecule has 2 aromatic carbocycles. The van der Waals surface area contributed by atoms with E-state index in [1.807, 2.05) is 0 Å². The third kappa shape index (κ3) is 5.58. The molecule has 0 spiro atoms. The lowest BCUT2D eigenvalue weighted by Crippen LogP contribution is -2.40. The molecule has 1 atom stereocenters. The number of rotatable bonds is 7. The SMILES string of the molecule is COC(=O)CCC(c1ccc(-c2cc(C(=O)N3CCOCC3)c3ccc(Cl)cc3n2)cc1)[N+](=O)[O-]. The van der Waals surface area contributed by atoms with Gasteiger partial charge in [-0.05, 0) is 18.2 Å². The van der Waals surface area contributed by atoms with Crippen LogP contribution >= 0.6 is 11.6 Å². The number of esters is 1. The molecule has 1 aliphatic rings. The second-order valence-electron chi connectivity index (χ2n) is 8.16. The molecule has 0 saturated carbocycles. The summed E-state index contributed by atoms with van der Waals surface area (Å²) in [5.74, 6) is -0.609. The van der Waals surface area contributed by atoms with E-state index >= 15 is 0 Å². The lowest BCUT2D eigenvalue weighted by molar-refractivity contribution is -0.529. The summed E-state index contributed by atoms with van der Waals surface area (Å²) >= 11 is 6.20. The highest BCUT2D eigenvalue weighted by molar-refractivity contribution is 6.31. The number of fused-ring (bicyclic) bond motifs is 1. The maximum atomic E-state index is 13.3. The molecule has 1 unspecified atom stereocenters. The van der Waals surface area contributed by atoms with Crippen molar-refractivity contribution in [2.24, 2.45) is 0 Å². The predicted octanol–water partition coefficient (Wildman–Crippen LogP) is 4.30. The summed E-state index contributed by atoms with van der Waals surface area (Å²) in [6.45, 7) is 1.99. The Labute approximate surface area is 206 Å². The van der Waals surface area contributed by atoms with Crippen LogP contribution in [0.1, 0.15) is 34.8 Å². The summed E-state index contributed by atoms with van der Waals surface area (Å²) in [4.78, 5) is 42.4. The van der Waals surface area contributed by atoms with Gasteiger partial charge in [-0.2, -0.15) is 0 Å². The molecule has 182 valence electrons. The van der Waals surface area contributed by atoms with E-state index in [4.69, 9.17) is 21.3 Å². The third-order valence-corrected chi connectivity index (χ3v) is 6.23. The summed E-state index contributed by atoms with van der Waals surface area (Å²) in [5.41, 5.74) is 2.80. The number of halogens is 1. The summed E-state index contributed by atoms with van der Waals surface area (Å²) in [5, 5.41) is 12.8. The zero-order valence-corrected chi connectivity index (χ0v) is 19.9. The van der Waals surface area contributed by atoms with Gasteiger partial charge in [0.05, 0.1) is 43.5 Å². The number of aromatic nitrogens is 1. The molecule has 1 aliphatic heterocycles. The molecule has 1 saturated heterocycles. The van der Waals surface area contributed by atoms with Crippen LogP contribution in [0.3, 0.4) is 0 Å². The zero-order chi connectivity index (χ0) is 24.9. The number of nitrogens with zero attached hydrogens (tertiary/aromatic N) is 3. The van der Waals surface area contributed by atoms with Gasteiger partial charge in [0.15, 0.2) is 0 Å². The van der Waals surface area contributed by atoms with E-state index in [0.717, 1.165) is 0 Å². The molecule has 0 bridgehead atoms. The molecule has 9 nitrogen and oxygen atoms in total. The molecular formula is C25H24ClN3O6. The number of hydrogen-bond donors (Lipinski definition) is 0. The van der Waals surface area contributed by atoms with E-state index in [2.05, 4.69) is 4.74 Å². The molecule has 1 amide bonds. The molecule has 1 fully saturated rings. The highest BCUT2D eigenvalue weighted by Gasteiger charge is 2.25. The minimum atomic E-state index is -1.04. The lowest BCUT2D eigenvalue weighted by atomic mass is 9.98. The first kappa shape index (κ1) is 24.6. The standard InChI is InChI=1S/C25H24ClN3O6/c1-34-24(30)9-8-23(29(32)33)17-4-2-16(3-5-17)21-15-20(25(31)28-10-12-35-13-11-28)19-7-6-18(26)14-22(19)27-21/h2-7,14-15,23H,8-13H2,1H3. The maximum absolute atomic E-state index is 13.3. The van der Waals surface area contributed by atoms with Gasteiger partial charge in [0, 0.05) is 46.0 Å². The number of carbonyl (C=O) groups is 2. The molecule has 1 aromatic heterocycles. The number of morpholine rings is 1. The smallest absolute Gasteiger partial charge is 0.305 e. The van der Waals surface area contributed by atoms with Crippen LogP contribution in [0.4, 0.5) is 0 Å². The van der Waals surface area contributed by atoms with Crippen LogP contribution in [0.2, 0.25) is 5.02 Å². The zero-order valence-electron chi connectivity index (χ0n) is 19.1. The third-order valence-electron chi connectivity index (χ3n) is 6.00. The average molecular weight is 498 g/mol. The normalized spacial score (nSPS) is 14.5. The van der Waals surface area contributed by atoms with E-state index in [1.165, 1.54) is 7.11 Å². The minimum absolute atomic E-state index is 0.0317. The molecule has 4 rings (SSSR count). The number of ether oxygens (including phenoxy) is 2. The fourth-order valence-corrected chi connectivity index (χ4v) is 4.26. The Kier molecular flexibility index (Phi) is 7.57. The van der Waals surface area contributed by atoms with Gasteiger partial charge in [0.25, 0.3) is 5.91 Å². The Hall–Kier alpha value is -3.56. The van der Waals surface area contributed by atoms with Gasteiger partial charge in [0.1, 0.15) is 0 Å². The number of carbonyl (C=O) groups excluding carboxylic acids is 2. The van der Waals surface area contributed by atoms with E-state index in [9.17, 15) is 19.7 Å². The Bertz CT molecular complexity index is 1260. The fraction of sp³-hybridized carbons (Fsp3) is 0.320. The van der Waals surface area contributed by atoms with E-state index < -0.39 is 16.9 Å². The van der Waals surface area contributed by atoms with Gasteiger partial charge >= 0.3 is 5.97 Å². The monoisotopic (exact) mass is 497 g/mol. The Morgan fingerprint density at radius 3 is 2.54 bits per heavy atom. The number of pyridine rings is 1. The Morgan fingerprint density at radius 1 is 1.17 bits per heavy atom. The Morgan fingerprint density at radius 2 is 1.89 bits per heavy atom. The van der Waals surface area contributed by atoms with Crippen LogP contribution in [0.15, 0.2) is 48.5 Å². The fourth-order valence-electron chi connectivity index (χ4n) is 4.09. The number of hydrogen-bond acceptors (Lipinski definition) is 7. The van der Waals surface area contributed by atoms with E-state index in [1.54, 1.807) is 53.4 Å². The van der Waals surface area contributed by atoms with Crippen molar-refractivity contribution >= 4 is 34.4 Å². The summed E-state index contributed by atoms with van der Waals surface area (Å²) < 4.78 is 9.96. The van der Waals surface area contributed by atoms with Crippen LogP contribution in [0.5, 0.6) is 0 Å². The van der Waals surface area contributed by atoms with E-state index in [-0.39, 0.29) is 18.7 Å². The molecule has 10 heteroatoms. The molecule has 3 aromatic rings. The lowest BCUT2D eigenvalue weighted by Gasteiger charge is -2.27. The van der Waals surface area contributed by atoms with Crippen LogP contribution in [0.25, 0.3) is 22.2 Å². The number of benzene rings is 2. The average Bonchev–Trinajstić information content (AvgIpc) is 2.88. The van der Waals surface area contributed by atoms with Crippen molar-refractivity contribution < 1.29 is 24.0 Å². The summed E-state index contributed by atoms with van der Waals surface area (Å²) in [6.07, 6.45) is -0.0200. The summed E-state index contributed by atoms with van der Waals surface area (Å²) in [6, 6.07) is 12.7. The van der Waals surface area contributed by atoms with Crippen molar-refractivity contribution in [1.29, 1.82) is 0 Å². The van der Waals surface area contributed by atoms with Crippen molar-refractivity contribution in [2.45, 2.75) is 18.9 Å². The van der Waals surface area contributed by atoms with Gasteiger partial charge in [-0.1, -0.05) is 41.9 Å². The molecule has 35 heavy (non-hydrogen) atoms. The van der Waals surface area contributed by atoms with Gasteiger partial charge in [-0.3, -0.25) is 19.7 Å². The molecular weight excluding hydrogens is 474 g/mol. The number of amides is 1. The van der Waals surface area contributed by atoms with Crippen molar-refractivity contribution in [3.63, 3.8) is 0 Å². The van der Waals surface area contributed by atoms with Crippen LogP contribution in [-0.4, -0.2) is 60.1 Å². The molecule has 2 heterocycles. The quantitative estimate of drug-likeness (QED) is 0.272. The first-order chi connectivity index (χ1) is 16.9. The van der Waals surface area contributed by atoms with Crippen LogP contribution in [0, 0.1) is 10.1 Å². The number of nitro groups is 1. The largest absolute Gasteiger partial charge is 0.469 e. The second kappa shape index (κ2) is 10.8. The molecule has 0 radical (unpaired) electrons. The number of methoxy groups -OCH3 is 1. The van der Waals surface area contributed by atoms with Crippen molar-refractivity contribution in [2.75, 3.05) is 33.4 Å². The Balaban J connectivity index is 1.69. The van der Waals surface area contributed by atoms with Gasteiger partial charge < -0.3 is 14.4 Å². The van der Waals surface area contributed by atoms with Gasteiger partial charge in [-0.15, -0.1) is 0 Å². The van der Waals surface area contributed by atoms with Crippen molar-refractivity contribution in [3.05, 3.63) is 74.8 Å². The highest BCUT2D eigenvalue weighted by atomic mass is 35.5. The second-order valence-corrected chi connectivity index (χ2v) is 8.60. The summed E-state index contributed by atoms with van der Waals surface area (Å²) in [7, 11) is 1.25. The van der Waals surface area contributed by atoms with Crippen molar-refractivity contribution in [1.82, 2.24) is 9.88 Å². The molecule has 0 N–H and O–H groups in total. The van der Waals surface area contributed by atoms with Gasteiger partial charge in [0.2, 0.25) is 6.04 Å². The molecule has 0 aliphatic carbocycles. The van der Waals surface area contributed by atoms with Gasteiger partial charge in [-0.25, -0.2) is 4.98 Å². The topological polar surface area (TPSA) is 112 Å². The van der Waals surface area contributed by atoms with E-state index in [0.29, 0.717) is 64.6 Å². The predicted molar refractivity (Wildman–Crippen MR) is 130 cm³/mol. The van der Waals surface area contributed by atoms with Crippen molar-refractivity contribution in [3.8, 4) is 11.3 Å². The first-order valence-corrected chi connectivity index (χ1v) is 11.5. The van der Waals surface area contributed by atoms with Crippen LogP contribution in [-0.2, 0) is 14.3 Å². The maximum Gasteiger partial charge on any atom is 0.305 e.